The highest BCUT2D eigenvalue weighted by molar-refractivity contribution is 6.17. The molecule has 7 rings (SSSR count). The zero-order valence-corrected chi connectivity index (χ0v) is 27.3. The number of pyridine rings is 1. The first-order chi connectivity index (χ1) is 25.8. The van der Waals surface area contributed by atoms with Gasteiger partial charge in [-0.05, 0) is 71.3 Å². The average molecular weight is 770 g/mol. The summed E-state index contributed by atoms with van der Waals surface area (Å²) in [5.74, 6) is 0. The van der Waals surface area contributed by atoms with Crippen LogP contribution in [0.1, 0.15) is 27.8 Å². The maximum absolute atomic E-state index is 14.6. The highest BCUT2D eigenvalue weighted by Crippen LogP contribution is 2.48. The molecule has 0 fully saturated rings. The Balaban J connectivity index is 1.67. The van der Waals surface area contributed by atoms with Crippen LogP contribution < -0.4 is 0 Å². The Bertz CT molecular complexity index is 2530. The van der Waals surface area contributed by atoms with E-state index in [2.05, 4.69) is 4.98 Å². The topological polar surface area (TPSA) is 41.6 Å². The first kappa shape index (κ1) is 37.0. The van der Waals surface area contributed by atoms with Crippen LogP contribution >= 0.6 is 0 Å². The van der Waals surface area contributed by atoms with Crippen LogP contribution in [0.2, 0.25) is 0 Å². The Morgan fingerprint density at radius 2 is 0.945 bits per heavy atom. The van der Waals surface area contributed by atoms with Gasteiger partial charge in [-0.1, -0.05) is 48.5 Å². The van der Waals surface area contributed by atoms with E-state index in [9.17, 15) is 57.9 Å². The smallest absolute Gasteiger partial charge is 0.308 e. The van der Waals surface area contributed by atoms with Crippen molar-refractivity contribution in [2.45, 2.75) is 24.7 Å². The maximum Gasteiger partial charge on any atom is 0.417 e. The molecule has 0 N–H and O–H groups in total. The zero-order chi connectivity index (χ0) is 39.7. The quantitative estimate of drug-likeness (QED) is 0.167. The van der Waals surface area contributed by atoms with Gasteiger partial charge in [-0.2, -0.15) is 57.9 Å². The van der Waals surface area contributed by atoms with Crippen molar-refractivity contribution >= 4 is 21.8 Å². The molecule has 2 aromatic heterocycles. The van der Waals surface area contributed by atoms with Gasteiger partial charge < -0.3 is 4.57 Å². The standard InChI is InChI=1S/C40H19F12N3/c41-37(42,43)23-8-11-26(33(17-23)39(47,48)49)28-3-1-5-30-31-6-2-4-29(27-12-9-24(38(44,45)46)18-34(27)40(50,51)52)36(31)55(35(28)30)25-10-7-22(20-53)32(19-25)21-13-15-54-16-14-21/h1-19H. The lowest BCUT2D eigenvalue weighted by molar-refractivity contribution is -0.144. The van der Waals surface area contributed by atoms with Crippen LogP contribution in [0.25, 0.3) is 60.9 Å². The normalized spacial score (nSPS) is 12.7. The van der Waals surface area contributed by atoms with E-state index >= 15 is 0 Å². The summed E-state index contributed by atoms with van der Waals surface area (Å²) in [6.07, 6.45) is -18.1. The van der Waals surface area contributed by atoms with Gasteiger partial charge in [0.05, 0.1) is 44.9 Å². The molecule has 0 amide bonds. The second-order valence-electron chi connectivity index (χ2n) is 12.3. The van der Waals surface area contributed by atoms with Gasteiger partial charge >= 0.3 is 24.7 Å². The van der Waals surface area contributed by atoms with Gasteiger partial charge in [0, 0.05) is 45.5 Å². The number of benzene rings is 5. The lowest BCUT2D eigenvalue weighted by atomic mass is 9.94. The Hall–Kier alpha value is -6.30. The fraction of sp³-hybridized carbons (Fsp3) is 0.100. The van der Waals surface area contributed by atoms with Crippen molar-refractivity contribution in [3.8, 4) is 45.1 Å². The number of halogens is 12. The summed E-state index contributed by atoms with van der Waals surface area (Å²) in [6.45, 7) is 0. The molecule has 0 radical (unpaired) electrons. The van der Waals surface area contributed by atoms with Gasteiger partial charge in [0.2, 0.25) is 0 Å². The molecule has 55 heavy (non-hydrogen) atoms. The summed E-state index contributed by atoms with van der Waals surface area (Å²) in [4.78, 5) is 3.96. The van der Waals surface area contributed by atoms with E-state index in [1.54, 1.807) is 12.1 Å². The predicted octanol–water partition coefficient (Wildman–Crippen LogP) is 13.1. The Morgan fingerprint density at radius 1 is 0.473 bits per heavy atom. The second-order valence-corrected chi connectivity index (χ2v) is 12.3. The van der Waals surface area contributed by atoms with Crippen molar-refractivity contribution in [2.75, 3.05) is 0 Å². The molecule has 15 heteroatoms. The third-order valence-electron chi connectivity index (χ3n) is 9.07. The van der Waals surface area contributed by atoms with E-state index < -0.39 is 58.1 Å². The Morgan fingerprint density at radius 3 is 1.36 bits per heavy atom. The molecule has 0 aliphatic carbocycles. The maximum atomic E-state index is 14.6. The lowest BCUT2D eigenvalue weighted by Crippen LogP contribution is -2.12. The van der Waals surface area contributed by atoms with Crippen molar-refractivity contribution in [2.24, 2.45) is 0 Å². The highest BCUT2D eigenvalue weighted by atomic mass is 19.4. The van der Waals surface area contributed by atoms with Crippen molar-refractivity contribution in [1.29, 1.82) is 5.26 Å². The molecular formula is C40H19F12N3. The van der Waals surface area contributed by atoms with Crippen molar-refractivity contribution in [3.05, 3.63) is 143 Å². The van der Waals surface area contributed by atoms with Gasteiger partial charge in [0.1, 0.15) is 0 Å². The van der Waals surface area contributed by atoms with Crippen molar-refractivity contribution in [1.82, 2.24) is 9.55 Å². The van der Waals surface area contributed by atoms with E-state index in [1.165, 1.54) is 71.6 Å². The number of nitrogens with zero attached hydrogens (tertiary/aromatic N) is 3. The van der Waals surface area contributed by atoms with Gasteiger partial charge in [-0.15, -0.1) is 0 Å². The summed E-state index contributed by atoms with van der Waals surface area (Å²) < 4.78 is 171. The molecule has 0 unspecified atom stereocenters. The lowest BCUT2D eigenvalue weighted by Gasteiger charge is -2.20. The van der Waals surface area contributed by atoms with E-state index in [-0.39, 0.29) is 61.9 Å². The number of aromatic nitrogens is 2. The Labute approximate surface area is 302 Å². The monoisotopic (exact) mass is 769 g/mol. The molecule has 0 saturated heterocycles. The molecule has 0 atom stereocenters. The number of para-hydroxylation sites is 2. The minimum atomic E-state index is -5.31. The van der Waals surface area contributed by atoms with E-state index in [0.717, 1.165) is 0 Å². The van der Waals surface area contributed by atoms with Gasteiger partial charge in [0.15, 0.2) is 0 Å². The molecule has 2 heterocycles. The fourth-order valence-corrected chi connectivity index (χ4v) is 6.73. The summed E-state index contributed by atoms with van der Waals surface area (Å²) >= 11 is 0. The molecule has 0 aliphatic heterocycles. The van der Waals surface area contributed by atoms with Crippen LogP contribution in [0.3, 0.4) is 0 Å². The molecular weight excluding hydrogens is 750 g/mol. The van der Waals surface area contributed by atoms with E-state index in [0.29, 0.717) is 29.8 Å². The fourth-order valence-electron chi connectivity index (χ4n) is 6.73. The molecule has 7 aromatic rings. The number of alkyl halides is 12. The van der Waals surface area contributed by atoms with Gasteiger partial charge in [-0.25, -0.2) is 0 Å². The minimum absolute atomic E-state index is 0.0341. The summed E-state index contributed by atoms with van der Waals surface area (Å²) in [7, 11) is 0. The van der Waals surface area contributed by atoms with Gasteiger partial charge in [-0.3, -0.25) is 4.98 Å². The van der Waals surface area contributed by atoms with Gasteiger partial charge in [0.25, 0.3) is 0 Å². The summed E-state index contributed by atoms with van der Waals surface area (Å²) in [5, 5.41) is 10.3. The summed E-state index contributed by atoms with van der Waals surface area (Å²) in [5.41, 5.74) is -7.56. The molecule has 278 valence electrons. The molecule has 0 saturated carbocycles. The highest BCUT2D eigenvalue weighted by Gasteiger charge is 2.41. The van der Waals surface area contributed by atoms with Crippen molar-refractivity contribution < 1.29 is 52.7 Å². The van der Waals surface area contributed by atoms with E-state index in [4.69, 9.17) is 0 Å². The van der Waals surface area contributed by atoms with Crippen LogP contribution in [0, 0.1) is 11.3 Å². The summed E-state index contributed by atoms with van der Waals surface area (Å²) in [6, 6.07) is 19.5. The van der Waals surface area contributed by atoms with Crippen molar-refractivity contribution in [3.63, 3.8) is 0 Å². The third-order valence-corrected chi connectivity index (χ3v) is 9.07. The van der Waals surface area contributed by atoms with E-state index in [1.807, 2.05) is 6.07 Å². The van der Waals surface area contributed by atoms with Crippen LogP contribution in [-0.4, -0.2) is 9.55 Å². The number of fused-ring (bicyclic) bond motifs is 3. The molecule has 0 bridgehead atoms. The van der Waals surface area contributed by atoms with Crippen LogP contribution in [0.15, 0.2) is 116 Å². The number of nitriles is 1. The largest absolute Gasteiger partial charge is 0.417 e. The van der Waals surface area contributed by atoms with Crippen LogP contribution in [0.5, 0.6) is 0 Å². The molecule has 5 aromatic carbocycles. The predicted molar refractivity (Wildman–Crippen MR) is 180 cm³/mol. The first-order valence-electron chi connectivity index (χ1n) is 15.9. The first-order valence-corrected chi connectivity index (χ1v) is 15.9. The number of hydrogen-bond acceptors (Lipinski definition) is 2. The zero-order valence-electron chi connectivity index (χ0n) is 27.3. The second kappa shape index (κ2) is 12.9. The molecule has 3 nitrogen and oxygen atoms in total. The third kappa shape index (κ3) is 6.62. The molecule has 0 spiro atoms. The number of hydrogen-bond donors (Lipinski definition) is 0. The van der Waals surface area contributed by atoms with Crippen LogP contribution in [0.4, 0.5) is 52.7 Å². The SMILES string of the molecule is N#Cc1ccc(-n2c3c(-c4ccc(C(F)(F)F)cc4C(F)(F)F)cccc3c3cccc(-c4ccc(C(F)(F)F)cc4C(F)(F)F)c32)cc1-c1ccncc1. The minimum Gasteiger partial charge on any atom is -0.308 e. The van der Waals surface area contributed by atoms with Crippen LogP contribution in [-0.2, 0) is 24.7 Å². The number of rotatable bonds is 4. The Kier molecular flexibility index (Phi) is 8.71. The molecule has 0 aliphatic rings. The average Bonchev–Trinajstić information content (AvgIpc) is 3.48.